The van der Waals surface area contributed by atoms with E-state index in [1.54, 1.807) is 11.1 Å². The molecule has 1 saturated heterocycles. The summed E-state index contributed by atoms with van der Waals surface area (Å²) in [6.45, 7) is 2.26. The van der Waals surface area contributed by atoms with Gasteiger partial charge in [0.05, 0.1) is 0 Å². The molecule has 0 amide bonds. The van der Waals surface area contributed by atoms with Crippen molar-refractivity contribution in [3.05, 3.63) is 29.3 Å². The molecule has 2 N–H and O–H groups in total. The summed E-state index contributed by atoms with van der Waals surface area (Å²) in [5, 5.41) is 6.99. The first-order valence-corrected chi connectivity index (χ1v) is 6.01. The Hall–Kier alpha value is -1.02. The van der Waals surface area contributed by atoms with Gasteiger partial charge in [-0.05, 0) is 55.5 Å². The van der Waals surface area contributed by atoms with Gasteiger partial charge in [-0.25, -0.2) is 0 Å². The molecular formula is C13H18N2. The molecule has 0 aromatic heterocycles. The average molecular weight is 202 g/mol. The van der Waals surface area contributed by atoms with Gasteiger partial charge in [-0.15, -0.1) is 0 Å². The van der Waals surface area contributed by atoms with Gasteiger partial charge >= 0.3 is 0 Å². The van der Waals surface area contributed by atoms with Crippen LogP contribution in [0.15, 0.2) is 18.2 Å². The fourth-order valence-corrected chi connectivity index (χ4v) is 2.68. The molecule has 0 bridgehead atoms. The highest BCUT2D eigenvalue weighted by Gasteiger charge is 2.15. The molecule has 1 aromatic carbocycles. The van der Waals surface area contributed by atoms with E-state index < -0.39 is 0 Å². The third-order valence-electron chi connectivity index (χ3n) is 3.53. The molecule has 2 nitrogen and oxygen atoms in total. The number of rotatable bonds is 2. The third-order valence-corrected chi connectivity index (χ3v) is 3.53. The molecule has 1 aliphatic carbocycles. The van der Waals surface area contributed by atoms with Crippen molar-refractivity contribution >= 4 is 5.69 Å². The Morgan fingerprint density at radius 3 is 3.00 bits per heavy atom. The van der Waals surface area contributed by atoms with Crippen LogP contribution < -0.4 is 10.6 Å². The second-order valence-electron chi connectivity index (χ2n) is 4.67. The minimum atomic E-state index is 0.629. The minimum Gasteiger partial charge on any atom is -0.381 e. The van der Waals surface area contributed by atoms with E-state index in [9.17, 15) is 0 Å². The van der Waals surface area contributed by atoms with Crippen LogP contribution in [0.4, 0.5) is 5.69 Å². The van der Waals surface area contributed by atoms with Gasteiger partial charge in [0.2, 0.25) is 0 Å². The van der Waals surface area contributed by atoms with Crippen molar-refractivity contribution < 1.29 is 0 Å². The second-order valence-corrected chi connectivity index (χ2v) is 4.67. The minimum absolute atomic E-state index is 0.629. The molecule has 0 radical (unpaired) electrons. The van der Waals surface area contributed by atoms with Crippen molar-refractivity contribution in [3.63, 3.8) is 0 Å². The first-order chi connectivity index (χ1) is 7.42. The molecule has 80 valence electrons. The van der Waals surface area contributed by atoms with Crippen molar-refractivity contribution in [2.24, 2.45) is 0 Å². The first kappa shape index (κ1) is 9.22. The predicted molar refractivity (Wildman–Crippen MR) is 63.4 cm³/mol. The van der Waals surface area contributed by atoms with Crippen molar-refractivity contribution in [2.45, 2.75) is 31.7 Å². The predicted octanol–water partition coefficient (Wildman–Crippen LogP) is 1.95. The van der Waals surface area contributed by atoms with E-state index in [1.165, 1.54) is 31.4 Å². The standard InChI is InChI=1S/C13H18N2/c1-2-10-4-5-12(8-11(10)3-1)15-13-6-7-14-9-13/h4-5,8,13-15H,1-3,6-7,9H2. The Kier molecular flexibility index (Phi) is 2.37. The normalized spacial score (nSPS) is 24.1. The molecule has 2 aliphatic rings. The van der Waals surface area contributed by atoms with Crippen LogP contribution in [0.1, 0.15) is 24.0 Å². The Morgan fingerprint density at radius 1 is 1.20 bits per heavy atom. The zero-order chi connectivity index (χ0) is 10.1. The van der Waals surface area contributed by atoms with Crippen LogP contribution in [-0.4, -0.2) is 19.1 Å². The van der Waals surface area contributed by atoms with Crippen LogP contribution >= 0.6 is 0 Å². The van der Waals surface area contributed by atoms with Gasteiger partial charge in [-0.3, -0.25) is 0 Å². The summed E-state index contributed by atoms with van der Waals surface area (Å²) in [4.78, 5) is 0. The SMILES string of the molecule is c1cc2c(cc1NC1CCNC1)CCC2. The van der Waals surface area contributed by atoms with E-state index in [0.717, 1.165) is 13.1 Å². The maximum Gasteiger partial charge on any atom is 0.0398 e. The first-order valence-electron chi connectivity index (χ1n) is 6.01. The van der Waals surface area contributed by atoms with E-state index in [0.29, 0.717) is 6.04 Å². The van der Waals surface area contributed by atoms with E-state index in [1.807, 2.05) is 0 Å². The number of benzene rings is 1. The Bertz CT molecular complexity index is 354. The fraction of sp³-hybridized carbons (Fsp3) is 0.538. The quantitative estimate of drug-likeness (QED) is 0.766. The summed E-state index contributed by atoms with van der Waals surface area (Å²) >= 11 is 0. The van der Waals surface area contributed by atoms with Crippen LogP contribution in [0.5, 0.6) is 0 Å². The van der Waals surface area contributed by atoms with Gasteiger partial charge in [0.1, 0.15) is 0 Å². The highest BCUT2D eigenvalue weighted by atomic mass is 15.0. The summed E-state index contributed by atoms with van der Waals surface area (Å²) in [6.07, 6.45) is 5.13. The lowest BCUT2D eigenvalue weighted by Gasteiger charge is -2.13. The molecule has 1 aliphatic heterocycles. The lowest BCUT2D eigenvalue weighted by atomic mass is 10.1. The number of fused-ring (bicyclic) bond motifs is 1. The van der Waals surface area contributed by atoms with Crippen LogP contribution in [0.25, 0.3) is 0 Å². The Balaban J connectivity index is 1.75. The molecule has 0 spiro atoms. The maximum absolute atomic E-state index is 3.61. The van der Waals surface area contributed by atoms with E-state index >= 15 is 0 Å². The molecule has 1 atom stereocenters. The van der Waals surface area contributed by atoms with Crippen molar-refractivity contribution in [3.8, 4) is 0 Å². The Labute approximate surface area is 91.1 Å². The lowest BCUT2D eigenvalue weighted by molar-refractivity contribution is 0.793. The highest BCUT2D eigenvalue weighted by molar-refractivity contribution is 5.50. The van der Waals surface area contributed by atoms with Gasteiger partial charge < -0.3 is 10.6 Å². The third kappa shape index (κ3) is 1.86. The molecule has 0 saturated carbocycles. The maximum atomic E-state index is 3.61. The largest absolute Gasteiger partial charge is 0.381 e. The van der Waals surface area contributed by atoms with Crippen molar-refractivity contribution in [2.75, 3.05) is 18.4 Å². The van der Waals surface area contributed by atoms with E-state index in [2.05, 4.69) is 28.8 Å². The Morgan fingerprint density at radius 2 is 2.13 bits per heavy atom. The van der Waals surface area contributed by atoms with E-state index in [4.69, 9.17) is 0 Å². The summed E-state index contributed by atoms with van der Waals surface area (Å²) in [5.41, 5.74) is 4.43. The summed E-state index contributed by atoms with van der Waals surface area (Å²) in [7, 11) is 0. The molecule has 3 rings (SSSR count). The molecule has 15 heavy (non-hydrogen) atoms. The summed E-state index contributed by atoms with van der Waals surface area (Å²) in [6, 6.07) is 7.51. The van der Waals surface area contributed by atoms with Gasteiger partial charge in [0.15, 0.2) is 0 Å². The van der Waals surface area contributed by atoms with Gasteiger partial charge in [0, 0.05) is 18.3 Å². The molecule has 1 fully saturated rings. The zero-order valence-electron chi connectivity index (χ0n) is 9.05. The monoisotopic (exact) mass is 202 g/mol. The van der Waals surface area contributed by atoms with E-state index in [-0.39, 0.29) is 0 Å². The van der Waals surface area contributed by atoms with Gasteiger partial charge in [0.25, 0.3) is 0 Å². The van der Waals surface area contributed by atoms with Crippen molar-refractivity contribution in [1.29, 1.82) is 0 Å². The number of aryl methyl sites for hydroxylation is 2. The zero-order valence-corrected chi connectivity index (χ0v) is 9.05. The number of anilines is 1. The van der Waals surface area contributed by atoms with Gasteiger partial charge in [-0.2, -0.15) is 0 Å². The molecule has 2 heteroatoms. The van der Waals surface area contributed by atoms with Crippen molar-refractivity contribution in [1.82, 2.24) is 5.32 Å². The van der Waals surface area contributed by atoms with Crippen LogP contribution in [0.3, 0.4) is 0 Å². The lowest BCUT2D eigenvalue weighted by Crippen LogP contribution is -2.22. The molecule has 1 heterocycles. The number of nitrogens with one attached hydrogen (secondary N) is 2. The number of hydrogen-bond acceptors (Lipinski definition) is 2. The van der Waals surface area contributed by atoms with Crippen LogP contribution in [-0.2, 0) is 12.8 Å². The second kappa shape index (κ2) is 3.86. The van der Waals surface area contributed by atoms with Gasteiger partial charge in [-0.1, -0.05) is 6.07 Å². The highest BCUT2D eigenvalue weighted by Crippen LogP contribution is 2.25. The molecular weight excluding hydrogens is 184 g/mol. The summed E-state index contributed by atoms with van der Waals surface area (Å²) in [5.74, 6) is 0. The van der Waals surface area contributed by atoms with Crippen LogP contribution in [0, 0.1) is 0 Å². The molecule has 1 aromatic rings. The smallest absolute Gasteiger partial charge is 0.0398 e. The topological polar surface area (TPSA) is 24.1 Å². The fourth-order valence-electron chi connectivity index (χ4n) is 2.68. The average Bonchev–Trinajstić information content (AvgIpc) is 2.87. The van der Waals surface area contributed by atoms with Crippen LogP contribution in [0.2, 0.25) is 0 Å². The molecule has 1 unspecified atom stereocenters. The summed E-state index contributed by atoms with van der Waals surface area (Å²) < 4.78 is 0. The number of hydrogen-bond donors (Lipinski definition) is 2.